The van der Waals surface area contributed by atoms with Gasteiger partial charge >= 0.3 is 0 Å². The Bertz CT molecular complexity index is 761. The van der Waals surface area contributed by atoms with E-state index in [1.54, 1.807) is 30.5 Å². The summed E-state index contributed by atoms with van der Waals surface area (Å²) in [5, 5.41) is 2.86. The number of ether oxygens (including phenoxy) is 2. The zero-order valence-electron chi connectivity index (χ0n) is 14.7. The van der Waals surface area contributed by atoms with Crippen LogP contribution < -0.4 is 14.8 Å². The van der Waals surface area contributed by atoms with Crippen LogP contribution in [0.5, 0.6) is 11.5 Å². The lowest BCUT2D eigenvalue weighted by molar-refractivity contribution is 0.102. The van der Waals surface area contributed by atoms with Gasteiger partial charge in [0.05, 0.1) is 13.2 Å². The van der Waals surface area contributed by atoms with Gasteiger partial charge in [-0.15, -0.1) is 0 Å². The van der Waals surface area contributed by atoms with Crippen molar-refractivity contribution in [2.75, 3.05) is 24.8 Å². The first-order valence-electron chi connectivity index (χ1n) is 8.13. The monoisotopic (exact) mass is 361 g/mol. The Morgan fingerprint density at radius 3 is 2.44 bits per heavy atom. The summed E-state index contributed by atoms with van der Waals surface area (Å²) >= 11 is 0. The Kier molecular flexibility index (Phi) is 7.01. The largest absolute Gasteiger partial charge is 0.490 e. The number of nitrogens with one attached hydrogen (secondary N) is 1. The summed E-state index contributed by atoms with van der Waals surface area (Å²) in [6, 6.07) is 12.5. The molecule has 0 saturated heterocycles. The highest BCUT2D eigenvalue weighted by atomic mass is 32.2. The third-order valence-electron chi connectivity index (χ3n) is 3.36. The van der Waals surface area contributed by atoms with Crippen molar-refractivity contribution in [2.45, 2.75) is 19.6 Å². The topological polar surface area (TPSA) is 64.6 Å². The van der Waals surface area contributed by atoms with Crippen molar-refractivity contribution in [2.24, 2.45) is 0 Å². The zero-order valence-corrected chi connectivity index (χ0v) is 15.5. The highest BCUT2D eigenvalue weighted by molar-refractivity contribution is 7.83. The van der Waals surface area contributed by atoms with Crippen LogP contribution in [0, 0.1) is 0 Å². The second-order valence-corrected chi connectivity index (χ2v) is 6.83. The standard InChI is InChI=1S/C19H23NO4S/c1-4-23-17-10-9-15(12-18(17)24-5-2)19(21)20-16-8-6-7-14(11-16)13-25(3)22/h6-12H,4-5,13H2,1-3H3,(H,20,21). The van der Waals surface area contributed by atoms with Crippen molar-refractivity contribution >= 4 is 22.4 Å². The van der Waals surface area contributed by atoms with Gasteiger partial charge in [0.25, 0.3) is 5.91 Å². The van der Waals surface area contributed by atoms with E-state index in [9.17, 15) is 9.00 Å². The summed E-state index contributed by atoms with van der Waals surface area (Å²) < 4.78 is 22.4. The molecule has 0 heterocycles. The smallest absolute Gasteiger partial charge is 0.255 e. The van der Waals surface area contributed by atoms with E-state index in [1.807, 2.05) is 32.0 Å². The molecule has 5 nitrogen and oxygen atoms in total. The van der Waals surface area contributed by atoms with Crippen molar-refractivity contribution in [3.8, 4) is 11.5 Å². The molecule has 0 radical (unpaired) electrons. The molecule has 25 heavy (non-hydrogen) atoms. The third kappa shape index (κ3) is 5.60. The van der Waals surface area contributed by atoms with Gasteiger partial charge in [-0.2, -0.15) is 0 Å². The fourth-order valence-corrected chi connectivity index (χ4v) is 3.02. The lowest BCUT2D eigenvalue weighted by Gasteiger charge is -2.13. The van der Waals surface area contributed by atoms with Gasteiger partial charge in [0.1, 0.15) is 0 Å². The van der Waals surface area contributed by atoms with Crippen LogP contribution in [0.2, 0.25) is 0 Å². The lowest BCUT2D eigenvalue weighted by atomic mass is 10.1. The van der Waals surface area contributed by atoms with Crippen LogP contribution in [-0.2, 0) is 16.6 Å². The highest BCUT2D eigenvalue weighted by Crippen LogP contribution is 2.29. The molecule has 1 N–H and O–H groups in total. The van der Waals surface area contributed by atoms with Crippen molar-refractivity contribution in [1.29, 1.82) is 0 Å². The van der Waals surface area contributed by atoms with E-state index >= 15 is 0 Å². The Labute approximate surface area is 150 Å². The number of benzene rings is 2. The third-order valence-corrected chi connectivity index (χ3v) is 4.10. The minimum Gasteiger partial charge on any atom is -0.490 e. The van der Waals surface area contributed by atoms with Crippen molar-refractivity contribution in [1.82, 2.24) is 0 Å². The maximum absolute atomic E-state index is 12.5. The summed E-state index contributed by atoms with van der Waals surface area (Å²) in [4.78, 5) is 12.5. The van der Waals surface area contributed by atoms with E-state index in [0.717, 1.165) is 5.56 Å². The number of hydrogen-bond donors (Lipinski definition) is 1. The summed E-state index contributed by atoms with van der Waals surface area (Å²) in [5.74, 6) is 1.39. The number of rotatable bonds is 8. The molecular formula is C19H23NO4S. The average molecular weight is 361 g/mol. The molecule has 1 unspecified atom stereocenters. The first-order valence-corrected chi connectivity index (χ1v) is 9.86. The van der Waals surface area contributed by atoms with Gasteiger partial charge in [0, 0.05) is 34.1 Å². The van der Waals surface area contributed by atoms with Crippen molar-refractivity contribution in [3.05, 3.63) is 53.6 Å². The van der Waals surface area contributed by atoms with Crippen molar-refractivity contribution < 1.29 is 18.5 Å². The van der Waals surface area contributed by atoms with E-state index < -0.39 is 10.8 Å². The average Bonchev–Trinajstić information content (AvgIpc) is 2.56. The van der Waals surface area contributed by atoms with Gasteiger partial charge in [-0.05, 0) is 49.7 Å². The molecule has 1 amide bonds. The maximum atomic E-state index is 12.5. The number of carbonyl (C=O) groups excluding carboxylic acids is 1. The normalized spacial score (nSPS) is 11.6. The Morgan fingerprint density at radius 2 is 1.76 bits per heavy atom. The molecule has 134 valence electrons. The van der Waals surface area contributed by atoms with Gasteiger partial charge < -0.3 is 14.8 Å². The summed E-state index contributed by atoms with van der Waals surface area (Å²) in [6.07, 6.45) is 1.65. The van der Waals surface area contributed by atoms with Crippen LogP contribution in [0.1, 0.15) is 29.8 Å². The molecule has 6 heteroatoms. The van der Waals surface area contributed by atoms with E-state index in [-0.39, 0.29) is 5.91 Å². The van der Waals surface area contributed by atoms with E-state index in [2.05, 4.69) is 5.32 Å². The molecule has 2 aromatic rings. The minimum absolute atomic E-state index is 0.237. The highest BCUT2D eigenvalue weighted by Gasteiger charge is 2.12. The zero-order chi connectivity index (χ0) is 18.2. The second kappa shape index (κ2) is 9.22. The second-order valence-electron chi connectivity index (χ2n) is 5.40. The van der Waals surface area contributed by atoms with Gasteiger partial charge in [-0.3, -0.25) is 9.00 Å². The first kappa shape index (κ1) is 19.0. The van der Waals surface area contributed by atoms with Crippen molar-refractivity contribution in [3.63, 3.8) is 0 Å². The number of carbonyl (C=O) groups is 1. The predicted octanol–water partition coefficient (Wildman–Crippen LogP) is 3.61. The molecule has 0 aliphatic heterocycles. The van der Waals surface area contributed by atoms with Gasteiger partial charge in [0.2, 0.25) is 0 Å². The Hall–Kier alpha value is -2.34. The maximum Gasteiger partial charge on any atom is 0.255 e. The van der Waals surface area contributed by atoms with E-state index in [0.29, 0.717) is 41.7 Å². The molecule has 0 aliphatic carbocycles. The van der Waals surface area contributed by atoms with Crippen LogP contribution in [0.15, 0.2) is 42.5 Å². The fourth-order valence-electron chi connectivity index (χ4n) is 2.37. The summed E-state index contributed by atoms with van der Waals surface area (Å²) in [5.41, 5.74) is 2.07. The summed E-state index contributed by atoms with van der Waals surface area (Å²) in [7, 11) is -0.927. The van der Waals surface area contributed by atoms with Gasteiger partial charge in [-0.1, -0.05) is 12.1 Å². The van der Waals surface area contributed by atoms with Gasteiger partial charge in [-0.25, -0.2) is 0 Å². The molecule has 1 atom stereocenters. The fraction of sp³-hybridized carbons (Fsp3) is 0.316. The molecule has 0 saturated carbocycles. The molecular weight excluding hydrogens is 338 g/mol. The number of amides is 1. The van der Waals surface area contributed by atoms with E-state index in [1.165, 1.54) is 0 Å². The Morgan fingerprint density at radius 1 is 1.04 bits per heavy atom. The van der Waals surface area contributed by atoms with Crippen LogP contribution in [0.25, 0.3) is 0 Å². The molecule has 0 fully saturated rings. The minimum atomic E-state index is -0.927. The van der Waals surface area contributed by atoms with Crippen LogP contribution in [0.3, 0.4) is 0 Å². The molecule has 0 aliphatic rings. The molecule has 0 bridgehead atoms. The van der Waals surface area contributed by atoms with Gasteiger partial charge in [0.15, 0.2) is 11.5 Å². The van der Waals surface area contributed by atoms with Crippen LogP contribution in [-0.4, -0.2) is 29.6 Å². The SMILES string of the molecule is CCOc1ccc(C(=O)Nc2cccc(CS(C)=O)c2)cc1OCC. The van der Waals surface area contributed by atoms with Crippen LogP contribution >= 0.6 is 0 Å². The molecule has 2 rings (SSSR count). The quantitative estimate of drug-likeness (QED) is 0.780. The molecule has 2 aromatic carbocycles. The summed E-state index contributed by atoms with van der Waals surface area (Å²) in [6.45, 7) is 4.79. The van der Waals surface area contributed by atoms with E-state index in [4.69, 9.17) is 9.47 Å². The number of hydrogen-bond acceptors (Lipinski definition) is 4. The number of anilines is 1. The Balaban J connectivity index is 2.17. The van der Waals surface area contributed by atoms with Crippen LogP contribution in [0.4, 0.5) is 5.69 Å². The first-order chi connectivity index (χ1) is 12.0. The lowest BCUT2D eigenvalue weighted by Crippen LogP contribution is -2.12. The molecule has 0 spiro atoms. The predicted molar refractivity (Wildman–Crippen MR) is 101 cm³/mol. The molecule has 0 aromatic heterocycles.